The van der Waals surface area contributed by atoms with Crippen LogP contribution < -0.4 is 27.4 Å². The van der Waals surface area contributed by atoms with Crippen LogP contribution in [0.4, 0.5) is 4.79 Å². The molecule has 12 heteroatoms. The van der Waals surface area contributed by atoms with Crippen molar-refractivity contribution in [2.45, 2.75) is 38.3 Å². The van der Waals surface area contributed by atoms with Crippen LogP contribution in [0.15, 0.2) is 4.99 Å². The first-order chi connectivity index (χ1) is 11.3. The molecule has 0 spiro atoms. The van der Waals surface area contributed by atoms with Crippen molar-refractivity contribution in [3.63, 3.8) is 0 Å². The van der Waals surface area contributed by atoms with Gasteiger partial charge in [-0.15, -0.1) is 24.8 Å². The van der Waals surface area contributed by atoms with Crippen LogP contribution in [-0.4, -0.2) is 67.5 Å². The van der Waals surface area contributed by atoms with E-state index in [2.05, 4.69) is 20.9 Å². The Morgan fingerprint density at radius 1 is 1.42 bits per heavy atom. The normalized spacial score (nSPS) is 17.0. The van der Waals surface area contributed by atoms with Crippen molar-refractivity contribution >= 4 is 48.6 Å². The van der Waals surface area contributed by atoms with Crippen LogP contribution in [0.2, 0.25) is 0 Å². The summed E-state index contributed by atoms with van der Waals surface area (Å²) in [7, 11) is 1.54. The van der Waals surface area contributed by atoms with E-state index in [1.807, 2.05) is 6.92 Å². The summed E-state index contributed by atoms with van der Waals surface area (Å²) in [6.45, 7) is 3.85. The quantitative estimate of drug-likeness (QED) is 0.320. The number of nitrogens with zero attached hydrogens (tertiary/aromatic N) is 2. The molecule has 152 valence electrons. The van der Waals surface area contributed by atoms with Crippen LogP contribution in [-0.2, 0) is 9.59 Å². The van der Waals surface area contributed by atoms with Crippen molar-refractivity contribution in [3.05, 3.63) is 0 Å². The van der Waals surface area contributed by atoms with Crippen molar-refractivity contribution in [1.29, 1.82) is 0 Å². The Hall–Kier alpha value is -1.62. The molecule has 10 nitrogen and oxygen atoms in total. The molecule has 1 aliphatic rings. The van der Waals surface area contributed by atoms with Gasteiger partial charge in [0.25, 0.3) is 5.91 Å². The number of nitrogens with one attached hydrogen (secondary N) is 3. The summed E-state index contributed by atoms with van der Waals surface area (Å²) in [4.78, 5) is 40.4. The van der Waals surface area contributed by atoms with Crippen molar-refractivity contribution in [2.24, 2.45) is 16.5 Å². The average Bonchev–Trinajstić information content (AvgIpc) is 2.50. The van der Waals surface area contributed by atoms with Crippen LogP contribution in [0, 0.1) is 0 Å². The molecular weight excluding hydrogens is 385 g/mol. The lowest BCUT2D eigenvalue weighted by molar-refractivity contribution is -0.138. The predicted octanol–water partition coefficient (Wildman–Crippen LogP) is -1.08. The van der Waals surface area contributed by atoms with Gasteiger partial charge in [-0.1, -0.05) is 6.92 Å². The lowest BCUT2D eigenvalue weighted by Gasteiger charge is -2.30. The van der Waals surface area contributed by atoms with E-state index >= 15 is 0 Å². The van der Waals surface area contributed by atoms with Crippen molar-refractivity contribution in [2.75, 3.05) is 26.7 Å². The van der Waals surface area contributed by atoms with Crippen LogP contribution in [0.3, 0.4) is 0 Å². The number of hydrogen-bond donors (Lipinski definition) is 5. The highest BCUT2D eigenvalue weighted by Gasteiger charge is 2.31. The predicted molar refractivity (Wildman–Crippen MR) is 105 cm³/mol. The van der Waals surface area contributed by atoms with Gasteiger partial charge < -0.3 is 21.7 Å². The highest BCUT2D eigenvalue weighted by Crippen LogP contribution is 2.07. The molecule has 0 saturated heterocycles. The second-order valence-corrected chi connectivity index (χ2v) is 5.65. The number of rotatable bonds is 8. The Labute approximate surface area is 165 Å². The van der Waals surface area contributed by atoms with Crippen LogP contribution >= 0.6 is 24.8 Å². The average molecular weight is 414 g/mol. The zero-order valence-electron chi connectivity index (χ0n) is 15.0. The molecule has 1 unspecified atom stereocenters. The molecule has 0 bridgehead atoms. The molecule has 0 saturated carbocycles. The molecule has 0 fully saturated rings. The fourth-order valence-corrected chi connectivity index (χ4v) is 2.30. The molecule has 1 aliphatic heterocycles. The third-order valence-electron chi connectivity index (χ3n) is 3.68. The summed E-state index contributed by atoms with van der Waals surface area (Å²) >= 11 is 0. The van der Waals surface area contributed by atoms with Gasteiger partial charge in [0.05, 0.1) is 6.54 Å². The maximum atomic E-state index is 12.3. The van der Waals surface area contributed by atoms with Gasteiger partial charge in [0.15, 0.2) is 0 Å². The first kappa shape index (κ1) is 26.6. The SMILES string of the molecule is CCNCCC[C@H](N)CC(=O)N(C)C1CN=C(NC(N)=O)NC1=O.Cl.Cl. The molecule has 2 atom stereocenters. The van der Waals surface area contributed by atoms with E-state index < -0.39 is 18.0 Å². The van der Waals surface area contributed by atoms with E-state index in [4.69, 9.17) is 11.5 Å². The summed E-state index contributed by atoms with van der Waals surface area (Å²) in [6.07, 6.45) is 1.79. The number of aliphatic imine (C=N–C) groups is 1. The third kappa shape index (κ3) is 9.18. The fraction of sp³-hybridized carbons (Fsp3) is 0.714. The number of carbonyl (C=O) groups is 3. The topological polar surface area (TPSA) is 155 Å². The number of likely N-dealkylation sites (N-methyl/N-ethyl adjacent to an activating group) is 1. The lowest BCUT2D eigenvalue weighted by Crippen LogP contribution is -2.58. The molecule has 0 radical (unpaired) electrons. The third-order valence-corrected chi connectivity index (χ3v) is 3.68. The first-order valence-electron chi connectivity index (χ1n) is 7.98. The van der Waals surface area contributed by atoms with Crippen molar-refractivity contribution < 1.29 is 14.4 Å². The highest BCUT2D eigenvalue weighted by molar-refractivity contribution is 6.07. The molecule has 1 heterocycles. The van der Waals surface area contributed by atoms with E-state index in [0.717, 1.165) is 25.9 Å². The minimum Gasteiger partial charge on any atom is -0.351 e. The summed E-state index contributed by atoms with van der Waals surface area (Å²) < 4.78 is 0. The molecule has 26 heavy (non-hydrogen) atoms. The van der Waals surface area contributed by atoms with E-state index in [-0.39, 0.29) is 55.7 Å². The molecule has 0 aliphatic carbocycles. The highest BCUT2D eigenvalue weighted by atomic mass is 35.5. The minimum absolute atomic E-state index is 0. The van der Waals surface area contributed by atoms with Gasteiger partial charge in [0.2, 0.25) is 11.9 Å². The van der Waals surface area contributed by atoms with E-state index in [9.17, 15) is 14.4 Å². The molecule has 1 rings (SSSR count). The molecular formula is C14H29Cl2N7O3. The van der Waals surface area contributed by atoms with Crippen LogP contribution in [0.25, 0.3) is 0 Å². The summed E-state index contributed by atoms with van der Waals surface area (Å²) in [5.74, 6) is -0.650. The molecule has 0 aromatic carbocycles. The van der Waals surface area contributed by atoms with E-state index in [1.165, 1.54) is 4.90 Å². The number of urea groups is 1. The summed E-state index contributed by atoms with van der Waals surface area (Å²) in [5, 5.41) is 7.79. The van der Waals surface area contributed by atoms with Gasteiger partial charge in [0.1, 0.15) is 6.04 Å². The van der Waals surface area contributed by atoms with E-state index in [0.29, 0.717) is 0 Å². The Morgan fingerprint density at radius 2 is 2.08 bits per heavy atom. The number of amides is 4. The van der Waals surface area contributed by atoms with Crippen LogP contribution in [0.1, 0.15) is 26.2 Å². The monoisotopic (exact) mass is 413 g/mol. The number of carbonyl (C=O) groups excluding carboxylic acids is 3. The zero-order valence-corrected chi connectivity index (χ0v) is 16.6. The minimum atomic E-state index is -0.819. The molecule has 4 amide bonds. The Bertz CT molecular complexity index is 505. The Balaban J connectivity index is 0. The molecule has 0 aromatic heterocycles. The lowest BCUT2D eigenvalue weighted by atomic mass is 10.1. The first-order valence-corrected chi connectivity index (χ1v) is 7.98. The number of halogens is 2. The largest absolute Gasteiger partial charge is 0.351 e. The van der Waals surface area contributed by atoms with Crippen molar-refractivity contribution in [1.82, 2.24) is 20.9 Å². The second kappa shape index (κ2) is 13.6. The summed E-state index contributed by atoms with van der Waals surface area (Å²) in [5.41, 5.74) is 10.9. The smallest absolute Gasteiger partial charge is 0.318 e. The van der Waals surface area contributed by atoms with Gasteiger partial charge in [0, 0.05) is 19.5 Å². The zero-order chi connectivity index (χ0) is 18.1. The maximum absolute atomic E-state index is 12.3. The Morgan fingerprint density at radius 3 is 2.62 bits per heavy atom. The maximum Gasteiger partial charge on any atom is 0.318 e. The van der Waals surface area contributed by atoms with Crippen molar-refractivity contribution in [3.8, 4) is 0 Å². The molecule has 7 N–H and O–H groups in total. The van der Waals surface area contributed by atoms with E-state index in [1.54, 1.807) is 7.05 Å². The number of hydrogen-bond acceptors (Lipinski definition) is 6. The Kier molecular flexibility index (Phi) is 13.9. The van der Waals surface area contributed by atoms with Gasteiger partial charge >= 0.3 is 6.03 Å². The standard InChI is InChI=1S/C14H27N7O3.2ClH/c1-3-17-6-4-5-9(15)7-11(22)21(2)10-8-18-14(19-12(10)23)20-13(16)24;;/h9-10,17H,3-8,15H2,1-2H3,(H4,16,18,19,20,23,24);2*1H/t9-,10?;;/m0../s1. The number of primary amides is 1. The number of nitrogens with two attached hydrogens (primary N) is 2. The number of guanidine groups is 1. The van der Waals surface area contributed by atoms with Gasteiger partial charge in [-0.2, -0.15) is 0 Å². The summed E-state index contributed by atoms with van der Waals surface area (Å²) in [6, 6.07) is -1.80. The van der Waals surface area contributed by atoms with Crippen LogP contribution in [0.5, 0.6) is 0 Å². The second-order valence-electron chi connectivity index (χ2n) is 5.65. The van der Waals surface area contributed by atoms with Gasteiger partial charge in [-0.3, -0.25) is 20.2 Å². The fourth-order valence-electron chi connectivity index (χ4n) is 2.30. The molecule has 0 aromatic rings. The van der Waals surface area contributed by atoms with Gasteiger partial charge in [-0.25, -0.2) is 9.79 Å². The van der Waals surface area contributed by atoms with Gasteiger partial charge in [-0.05, 0) is 25.9 Å².